The Hall–Kier alpha value is -2.38. The molecule has 8 heteroatoms. The van der Waals surface area contributed by atoms with Gasteiger partial charge in [-0.3, -0.25) is 4.79 Å². The van der Waals surface area contributed by atoms with Crippen LogP contribution in [0.2, 0.25) is 0 Å². The van der Waals surface area contributed by atoms with Crippen molar-refractivity contribution in [2.24, 2.45) is 11.3 Å². The van der Waals surface area contributed by atoms with Gasteiger partial charge < -0.3 is 20.6 Å². The second kappa shape index (κ2) is 5.86. The standard InChI is InChI=1S/C17H23N5O3/c18-13-3-6-19-16(20-13)21-7-4-17(5-8-21)9-12(15(24)25)22(10-17)14(23)11-1-2-11/h3,6,11-12H,1-2,4-5,7-10H2,(H,24,25)(H2,18,19,20). The van der Waals surface area contributed by atoms with Crippen LogP contribution in [0.25, 0.3) is 0 Å². The van der Waals surface area contributed by atoms with Gasteiger partial charge in [0.25, 0.3) is 0 Å². The minimum absolute atomic E-state index is 0.0332. The first-order valence-electron chi connectivity index (χ1n) is 8.84. The monoisotopic (exact) mass is 345 g/mol. The molecule has 1 unspecified atom stereocenters. The third-order valence-corrected chi connectivity index (χ3v) is 5.77. The summed E-state index contributed by atoms with van der Waals surface area (Å²) in [6.45, 7) is 2.06. The molecule has 1 spiro atoms. The lowest BCUT2D eigenvalue weighted by Gasteiger charge is -2.39. The number of aromatic nitrogens is 2. The van der Waals surface area contributed by atoms with Gasteiger partial charge in [0.2, 0.25) is 11.9 Å². The zero-order valence-electron chi connectivity index (χ0n) is 14.1. The van der Waals surface area contributed by atoms with Crippen LogP contribution in [0.3, 0.4) is 0 Å². The van der Waals surface area contributed by atoms with Crippen molar-refractivity contribution in [3.63, 3.8) is 0 Å². The number of nitrogen functional groups attached to an aromatic ring is 1. The summed E-state index contributed by atoms with van der Waals surface area (Å²) < 4.78 is 0. The van der Waals surface area contributed by atoms with Gasteiger partial charge in [0.1, 0.15) is 11.9 Å². The number of carboxylic acid groups (broad SMARTS) is 1. The third kappa shape index (κ3) is 3.01. The first-order chi connectivity index (χ1) is 12.0. The predicted molar refractivity (Wildman–Crippen MR) is 90.8 cm³/mol. The van der Waals surface area contributed by atoms with E-state index in [-0.39, 0.29) is 17.2 Å². The molecule has 2 aliphatic heterocycles. The van der Waals surface area contributed by atoms with E-state index >= 15 is 0 Å². The summed E-state index contributed by atoms with van der Waals surface area (Å²) in [5, 5.41) is 9.57. The Morgan fingerprint density at radius 3 is 2.60 bits per heavy atom. The highest BCUT2D eigenvalue weighted by Gasteiger charge is 2.51. The molecule has 1 atom stereocenters. The summed E-state index contributed by atoms with van der Waals surface area (Å²) in [5.41, 5.74) is 5.62. The summed E-state index contributed by atoms with van der Waals surface area (Å²) in [4.78, 5) is 36.4. The molecule has 8 nitrogen and oxygen atoms in total. The minimum Gasteiger partial charge on any atom is -0.480 e. The largest absolute Gasteiger partial charge is 0.480 e. The number of amides is 1. The van der Waals surface area contributed by atoms with E-state index in [1.807, 2.05) is 0 Å². The molecule has 1 aromatic rings. The van der Waals surface area contributed by atoms with E-state index in [0.29, 0.717) is 24.7 Å². The van der Waals surface area contributed by atoms with Crippen molar-refractivity contribution >= 4 is 23.6 Å². The molecule has 3 heterocycles. The second-order valence-corrected chi connectivity index (χ2v) is 7.57. The maximum Gasteiger partial charge on any atom is 0.326 e. The number of nitrogens with zero attached hydrogens (tertiary/aromatic N) is 4. The lowest BCUT2D eigenvalue weighted by atomic mass is 9.76. The number of nitrogens with two attached hydrogens (primary N) is 1. The Morgan fingerprint density at radius 2 is 2.00 bits per heavy atom. The number of hydrogen-bond acceptors (Lipinski definition) is 6. The molecule has 1 saturated carbocycles. The van der Waals surface area contributed by atoms with Crippen molar-refractivity contribution in [1.29, 1.82) is 0 Å². The first kappa shape index (κ1) is 16.1. The average Bonchev–Trinajstić information content (AvgIpc) is 3.37. The van der Waals surface area contributed by atoms with Gasteiger partial charge in [0.15, 0.2) is 0 Å². The Morgan fingerprint density at radius 1 is 1.28 bits per heavy atom. The molecule has 3 aliphatic rings. The molecule has 0 aromatic carbocycles. The number of anilines is 2. The van der Waals surface area contributed by atoms with Crippen molar-refractivity contribution in [2.75, 3.05) is 30.3 Å². The molecule has 1 aromatic heterocycles. The van der Waals surface area contributed by atoms with Crippen molar-refractivity contribution in [3.8, 4) is 0 Å². The van der Waals surface area contributed by atoms with Crippen molar-refractivity contribution in [2.45, 2.75) is 38.1 Å². The van der Waals surface area contributed by atoms with Gasteiger partial charge >= 0.3 is 5.97 Å². The van der Waals surface area contributed by atoms with Crippen molar-refractivity contribution in [3.05, 3.63) is 12.3 Å². The van der Waals surface area contributed by atoms with E-state index in [4.69, 9.17) is 5.73 Å². The summed E-state index contributed by atoms with van der Waals surface area (Å²) >= 11 is 0. The van der Waals surface area contributed by atoms with Gasteiger partial charge in [-0.25, -0.2) is 9.78 Å². The summed E-state index contributed by atoms with van der Waals surface area (Å²) in [7, 11) is 0. The number of rotatable bonds is 3. The molecule has 25 heavy (non-hydrogen) atoms. The lowest BCUT2D eigenvalue weighted by molar-refractivity contribution is -0.148. The summed E-state index contributed by atoms with van der Waals surface area (Å²) in [5.74, 6) is 0.267. The van der Waals surface area contributed by atoms with Crippen LogP contribution >= 0.6 is 0 Å². The second-order valence-electron chi connectivity index (χ2n) is 7.57. The van der Waals surface area contributed by atoms with Crippen LogP contribution in [-0.2, 0) is 9.59 Å². The molecule has 1 amide bonds. The highest BCUT2D eigenvalue weighted by Crippen LogP contribution is 2.45. The number of piperidine rings is 1. The SMILES string of the molecule is Nc1ccnc(N2CCC3(CC2)CC(C(=O)O)N(C(=O)C2CC2)C3)n1. The average molecular weight is 345 g/mol. The van der Waals surface area contributed by atoms with E-state index in [1.54, 1.807) is 17.2 Å². The van der Waals surface area contributed by atoms with Crippen LogP contribution in [0.1, 0.15) is 32.1 Å². The van der Waals surface area contributed by atoms with E-state index in [9.17, 15) is 14.7 Å². The third-order valence-electron chi connectivity index (χ3n) is 5.77. The molecular formula is C17H23N5O3. The highest BCUT2D eigenvalue weighted by molar-refractivity contribution is 5.87. The zero-order valence-corrected chi connectivity index (χ0v) is 14.1. The first-order valence-corrected chi connectivity index (χ1v) is 8.84. The van der Waals surface area contributed by atoms with Gasteiger partial charge in [0.05, 0.1) is 0 Å². The van der Waals surface area contributed by atoms with Crippen LogP contribution < -0.4 is 10.6 Å². The Balaban J connectivity index is 1.46. The smallest absolute Gasteiger partial charge is 0.326 e. The van der Waals surface area contributed by atoms with Gasteiger partial charge in [-0.2, -0.15) is 4.98 Å². The fourth-order valence-corrected chi connectivity index (χ4v) is 4.13. The molecule has 0 bridgehead atoms. The fourth-order valence-electron chi connectivity index (χ4n) is 4.13. The number of hydrogen-bond donors (Lipinski definition) is 2. The number of likely N-dealkylation sites (tertiary alicyclic amines) is 1. The van der Waals surface area contributed by atoms with Crippen LogP contribution in [0.15, 0.2) is 12.3 Å². The number of aliphatic carboxylic acids is 1. The number of carbonyl (C=O) groups excluding carboxylic acids is 1. The van der Waals surface area contributed by atoms with Crippen LogP contribution in [-0.4, -0.2) is 57.5 Å². The Kier molecular flexibility index (Phi) is 3.77. The van der Waals surface area contributed by atoms with Gasteiger partial charge in [-0.1, -0.05) is 0 Å². The fraction of sp³-hybridized carbons (Fsp3) is 0.647. The van der Waals surface area contributed by atoms with Crippen molar-refractivity contribution in [1.82, 2.24) is 14.9 Å². The Bertz CT molecular complexity index is 697. The Labute approximate surface area is 146 Å². The molecule has 3 fully saturated rings. The maximum atomic E-state index is 12.5. The van der Waals surface area contributed by atoms with Gasteiger partial charge in [-0.15, -0.1) is 0 Å². The summed E-state index contributed by atoms with van der Waals surface area (Å²) in [6, 6.07) is 0.980. The highest BCUT2D eigenvalue weighted by atomic mass is 16.4. The van der Waals surface area contributed by atoms with E-state index in [1.165, 1.54) is 0 Å². The summed E-state index contributed by atoms with van der Waals surface area (Å²) in [6.07, 6.45) is 5.66. The molecule has 134 valence electrons. The van der Waals surface area contributed by atoms with Gasteiger partial charge in [0, 0.05) is 31.7 Å². The number of carbonyl (C=O) groups is 2. The van der Waals surface area contributed by atoms with E-state index < -0.39 is 12.0 Å². The van der Waals surface area contributed by atoms with Crippen LogP contribution in [0, 0.1) is 11.3 Å². The lowest BCUT2D eigenvalue weighted by Crippen LogP contribution is -2.43. The van der Waals surface area contributed by atoms with E-state index in [2.05, 4.69) is 14.9 Å². The molecule has 3 N–H and O–H groups in total. The van der Waals surface area contributed by atoms with Crippen LogP contribution in [0.5, 0.6) is 0 Å². The van der Waals surface area contributed by atoms with Crippen LogP contribution in [0.4, 0.5) is 11.8 Å². The van der Waals surface area contributed by atoms with Gasteiger partial charge in [-0.05, 0) is 43.6 Å². The maximum absolute atomic E-state index is 12.5. The predicted octanol–water partition coefficient (Wildman–Crippen LogP) is 0.741. The van der Waals surface area contributed by atoms with E-state index in [0.717, 1.165) is 38.8 Å². The molecular weight excluding hydrogens is 322 g/mol. The molecule has 4 rings (SSSR count). The topological polar surface area (TPSA) is 113 Å². The quantitative estimate of drug-likeness (QED) is 0.831. The minimum atomic E-state index is -0.882. The molecule has 2 saturated heterocycles. The molecule has 0 radical (unpaired) electrons. The zero-order chi connectivity index (χ0) is 17.6. The normalized spacial score (nSPS) is 25.4. The van der Waals surface area contributed by atoms with Crippen molar-refractivity contribution < 1.29 is 14.7 Å². The molecule has 1 aliphatic carbocycles. The number of carboxylic acids is 1.